The van der Waals surface area contributed by atoms with Gasteiger partial charge in [-0.3, -0.25) is 10.1 Å². The lowest BCUT2D eigenvalue weighted by molar-refractivity contribution is -0.123. The van der Waals surface area contributed by atoms with E-state index in [-0.39, 0.29) is 18.0 Å². The summed E-state index contributed by atoms with van der Waals surface area (Å²) in [5.74, 6) is 2.83. The van der Waals surface area contributed by atoms with Crippen LogP contribution >= 0.6 is 11.8 Å². The highest BCUT2D eigenvalue weighted by Crippen LogP contribution is 2.10. The summed E-state index contributed by atoms with van der Waals surface area (Å²) >= 11 is 1.76. The molecule has 4 nitrogen and oxygen atoms in total. The molecule has 2 unspecified atom stereocenters. The lowest BCUT2D eigenvalue weighted by Gasteiger charge is -2.16. The van der Waals surface area contributed by atoms with Gasteiger partial charge in [-0.2, -0.15) is 0 Å². The van der Waals surface area contributed by atoms with Crippen LogP contribution in [0.3, 0.4) is 0 Å². The zero-order valence-electron chi connectivity index (χ0n) is 9.94. The van der Waals surface area contributed by atoms with Gasteiger partial charge >= 0.3 is 0 Å². The van der Waals surface area contributed by atoms with Crippen LogP contribution in [-0.2, 0) is 11.2 Å². The van der Waals surface area contributed by atoms with Crippen LogP contribution in [0.4, 0.5) is 0 Å². The van der Waals surface area contributed by atoms with Gasteiger partial charge in [0.05, 0.1) is 12.3 Å². The van der Waals surface area contributed by atoms with Gasteiger partial charge in [-0.05, 0) is 25.5 Å². The average molecular weight is 254 g/mol. The Morgan fingerprint density at radius 2 is 2.65 bits per heavy atom. The molecule has 1 fully saturated rings. The quantitative estimate of drug-likeness (QED) is 0.833. The molecule has 2 rings (SSSR count). The number of rotatable bonds is 5. The zero-order valence-corrected chi connectivity index (χ0v) is 10.8. The van der Waals surface area contributed by atoms with Crippen LogP contribution < -0.4 is 10.6 Å². The van der Waals surface area contributed by atoms with E-state index < -0.39 is 0 Å². The van der Waals surface area contributed by atoms with Crippen molar-refractivity contribution in [3.05, 3.63) is 24.2 Å². The van der Waals surface area contributed by atoms with Crippen molar-refractivity contribution in [3.63, 3.8) is 0 Å². The topological polar surface area (TPSA) is 54.3 Å². The lowest BCUT2D eigenvalue weighted by Crippen LogP contribution is -2.45. The van der Waals surface area contributed by atoms with Gasteiger partial charge in [0.2, 0.25) is 5.91 Å². The zero-order chi connectivity index (χ0) is 12.1. The number of carbonyl (C=O) groups is 1. The van der Waals surface area contributed by atoms with Crippen LogP contribution in [0.15, 0.2) is 22.8 Å². The Morgan fingerprint density at radius 3 is 3.29 bits per heavy atom. The van der Waals surface area contributed by atoms with Crippen LogP contribution in [0, 0.1) is 0 Å². The number of hydrogen-bond donors (Lipinski definition) is 2. The van der Waals surface area contributed by atoms with Gasteiger partial charge in [0.25, 0.3) is 0 Å². The molecule has 0 spiro atoms. The molecule has 17 heavy (non-hydrogen) atoms. The van der Waals surface area contributed by atoms with Crippen molar-refractivity contribution in [2.24, 2.45) is 0 Å². The Balaban J connectivity index is 1.69. The van der Waals surface area contributed by atoms with Gasteiger partial charge in [-0.25, -0.2) is 0 Å². The molecule has 1 amide bonds. The summed E-state index contributed by atoms with van der Waals surface area (Å²) in [6, 6.07) is 4.01. The second-order valence-corrected chi connectivity index (χ2v) is 5.33. The lowest BCUT2D eigenvalue weighted by atomic mass is 10.1. The van der Waals surface area contributed by atoms with E-state index in [1.54, 1.807) is 18.0 Å². The maximum absolute atomic E-state index is 11.8. The maximum atomic E-state index is 11.8. The smallest absolute Gasteiger partial charge is 0.238 e. The maximum Gasteiger partial charge on any atom is 0.238 e. The second-order valence-electron chi connectivity index (χ2n) is 4.30. The van der Waals surface area contributed by atoms with Crippen molar-refractivity contribution < 1.29 is 9.21 Å². The summed E-state index contributed by atoms with van der Waals surface area (Å²) < 4.78 is 5.26. The van der Waals surface area contributed by atoms with Gasteiger partial charge in [-0.15, -0.1) is 11.8 Å². The minimum Gasteiger partial charge on any atom is -0.469 e. The number of carbonyl (C=O) groups excluding carboxylic acids is 1. The third-order valence-corrected chi connectivity index (χ3v) is 3.77. The molecule has 1 aliphatic heterocycles. The van der Waals surface area contributed by atoms with E-state index in [0.717, 1.165) is 30.2 Å². The Bertz CT molecular complexity index is 347. The standard InChI is InChI=1S/C12H18N2O2S/c1-9(4-5-10-3-2-6-16-10)14-12(15)11-7-17-8-13-11/h2-3,6,9,11,13H,4-5,7-8H2,1H3,(H,14,15). The molecule has 1 aliphatic rings. The van der Waals surface area contributed by atoms with Crippen molar-refractivity contribution >= 4 is 17.7 Å². The van der Waals surface area contributed by atoms with Gasteiger partial charge in [0.15, 0.2) is 0 Å². The summed E-state index contributed by atoms with van der Waals surface area (Å²) in [4.78, 5) is 11.8. The first kappa shape index (κ1) is 12.5. The summed E-state index contributed by atoms with van der Waals surface area (Å²) in [6.07, 6.45) is 3.44. The van der Waals surface area contributed by atoms with Crippen LogP contribution in [0.25, 0.3) is 0 Å². The number of hydrogen-bond acceptors (Lipinski definition) is 4. The third kappa shape index (κ3) is 3.78. The summed E-state index contributed by atoms with van der Waals surface area (Å²) in [7, 11) is 0. The molecule has 0 radical (unpaired) electrons. The Morgan fingerprint density at radius 1 is 1.76 bits per heavy atom. The van der Waals surface area contributed by atoms with E-state index >= 15 is 0 Å². The second kappa shape index (κ2) is 6.12. The van der Waals surface area contributed by atoms with Crippen LogP contribution in [0.1, 0.15) is 19.1 Å². The Labute approximate surface area is 106 Å². The summed E-state index contributed by atoms with van der Waals surface area (Å²) in [5.41, 5.74) is 0. The SMILES string of the molecule is CC(CCc1ccco1)NC(=O)C1CSCN1. The molecule has 94 valence electrons. The molecule has 0 aliphatic carbocycles. The van der Waals surface area contributed by atoms with E-state index in [9.17, 15) is 4.79 Å². The molecule has 0 saturated carbocycles. The van der Waals surface area contributed by atoms with E-state index in [1.165, 1.54) is 0 Å². The first-order chi connectivity index (χ1) is 8.25. The number of furan rings is 1. The van der Waals surface area contributed by atoms with Crippen molar-refractivity contribution in [1.82, 2.24) is 10.6 Å². The number of amides is 1. The molecule has 1 aromatic rings. The molecule has 0 aromatic carbocycles. The molecule has 2 N–H and O–H groups in total. The number of aryl methyl sites for hydroxylation is 1. The summed E-state index contributed by atoms with van der Waals surface area (Å²) in [6.45, 7) is 2.03. The fourth-order valence-electron chi connectivity index (χ4n) is 1.79. The number of nitrogens with one attached hydrogen (secondary N) is 2. The molecule has 1 saturated heterocycles. The van der Waals surface area contributed by atoms with Gasteiger partial charge in [-0.1, -0.05) is 0 Å². The molecule has 0 bridgehead atoms. The average Bonchev–Trinajstić information content (AvgIpc) is 2.99. The highest BCUT2D eigenvalue weighted by Gasteiger charge is 2.23. The predicted octanol–water partition coefficient (Wildman–Crippen LogP) is 1.38. The molecular formula is C12H18N2O2S. The Kier molecular flexibility index (Phi) is 4.50. The van der Waals surface area contributed by atoms with Crippen molar-refractivity contribution in [2.75, 3.05) is 11.6 Å². The van der Waals surface area contributed by atoms with Crippen LogP contribution in [0.5, 0.6) is 0 Å². The minimum atomic E-state index is -0.0222. The molecule has 1 aromatic heterocycles. The van der Waals surface area contributed by atoms with Crippen molar-refractivity contribution in [2.45, 2.75) is 31.8 Å². The van der Waals surface area contributed by atoms with E-state index in [1.807, 2.05) is 19.1 Å². The molecule has 5 heteroatoms. The highest BCUT2D eigenvalue weighted by molar-refractivity contribution is 7.99. The monoisotopic (exact) mass is 254 g/mol. The fraction of sp³-hybridized carbons (Fsp3) is 0.583. The van der Waals surface area contributed by atoms with Crippen molar-refractivity contribution in [1.29, 1.82) is 0 Å². The largest absolute Gasteiger partial charge is 0.469 e. The van der Waals surface area contributed by atoms with Gasteiger partial charge in [0.1, 0.15) is 5.76 Å². The van der Waals surface area contributed by atoms with Crippen molar-refractivity contribution in [3.8, 4) is 0 Å². The first-order valence-electron chi connectivity index (χ1n) is 5.89. The van der Waals surface area contributed by atoms with Crippen LogP contribution in [0.2, 0.25) is 0 Å². The first-order valence-corrected chi connectivity index (χ1v) is 7.05. The third-order valence-electron chi connectivity index (χ3n) is 2.83. The van der Waals surface area contributed by atoms with Gasteiger partial charge < -0.3 is 9.73 Å². The highest BCUT2D eigenvalue weighted by atomic mass is 32.2. The fourth-order valence-corrected chi connectivity index (χ4v) is 2.73. The number of thioether (sulfide) groups is 1. The van der Waals surface area contributed by atoms with Gasteiger partial charge in [0, 0.05) is 24.1 Å². The van der Waals surface area contributed by atoms with E-state index in [0.29, 0.717) is 0 Å². The van der Waals surface area contributed by atoms with E-state index in [2.05, 4.69) is 10.6 Å². The summed E-state index contributed by atoms with van der Waals surface area (Å²) in [5, 5.41) is 6.19. The molecule has 2 heterocycles. The predicted molar refractivity (Wildman–Crippen MR) is 68.9 cm³/mol. The molecule has 2 atom stereocenters. The Hall–Kier alpha value is -0.940. The van der Waals surface area contributed by atoms with E-state index in [4.69, 9.17) is 4.42 Å². The van der Waals surface area contributed by atoms with Crippen LogP contribution in [-0.4, -0.2) is 29.6 Å². The minimum absolute atomic E-state index is 0.0222. The molecular weight excluding hydrogens is 236 g/mol. The normalized spacial score (nSPS) is 21.4.